The van der Waals surface area contributed by atoms with E-state index in [4.69, 9.17) is 14.5 Å². The van der Waals surface area contributed by atoms with Gasteiger partial charge in [-0.3, -0.25) is 19.1 Å². The normalized spacial score (nSPS) is 30.7. The number of sulfonamides is 1. The number of alkyl halides is 1. The van der Waals surface area contributed by atoms with Gasteiger partial charge in [-0.05, 0) is 74.7 Å². The van der Waals surface area contributed by atoms with Gasteiger partial charge in [0.05, 0.1) is 13.2 Å². The maximum atomic E-state index is 14.6. The van der Waals surface area contributed by atoms with Crippen LogP contribution in [-0.2, 0) is 30.8 Å². The van der Waals surface area contributed by atoms with Crippen molar-refractivity contribution in [2.75, 3.05) is 19.8 Å². The number of nitrogens with zero attached hydrogens (tertiary/aromatic N) is 2. The number of carbonyl (C=O) groups is 4. The van der Waals surface area contributed by atoms with Gasteiger partial charge in [0.15, 0.2) is 0 Å². The lowest BCUT2D eigenvalue weighted by molar-refractivity contribution is -0.142. The number of aromatic nitrogens is 1. The Balaban J connectivity index is 1.24. The topological polar surface area (TPSA) is 193 Å². The van der Waals surface area contributed by atoms with Crippen LogP contribution in [0.4, 0.5) is 9.18 Å². The van der Waals surface area contributed by atoms with Gasteiger partial charge in [-0.1, -0.05) is 50.6 Å². The summed E-state index contributed by atoms with van der Waals surface area (Å²) in [5.41, 5.74) is -0.692. The van der Waals surface area contributed by atoms with Crippen molar-refractivity contribution in [3.63, 3.8) is 0 Å². The van der Waals surface area contributed by atoms with Crippen LogP contribution in [0.25, 0.3) is 10.8 Å². The molecule has 1 saturated heterocycles. The van der Waals surface area contributed by atoms with Gasteiger partial charge in [0.25, 0.3) is 5.91 Å². The van der Waals surface area contributed by atoms with E-state index in [1.165, 1.54) is 4.90 Å². The number of aryl methyl sites for hydroxylation is 1. The fourth-order valence-electron chi connectivity index (χ4n) is 8.40. The van der Waals surface area contributed by atoms with E-state index in [9.17, 15) is 37.1 Å². The maximum absolute atomic E-state index is 14.6. The van der Waals surface area contributed by atoms with Crippen LogP contribution in [-0.4, -0.2) is 95.5 Å². The summed E-state index contributed by atoms with van der Waals surface area (Å²) < 4.78 is 52.9. The molecule has 2 aromatic rings. The van der Waals surface area contributed by atoms with Crippen molar-refractivity contribution in [1.29, 1.82) is 0 Å². The molecule has 3 aliphatic heterocycles. The Morgan fingerprint density at radius 3 is 2.65 bits per heavy atom. The molecule has 0 unspecified atom stereocenters. The molecule has 0 radical (unpaired) electrons. The quantitative estimate of drug-likeness (QED) is 0.288. The highest BCUT2D eigenvalue weighted by atomic mass is 32.2. The summed E-state index contributed by atoms with van der Waals surface area (Å²) in [6.45, 7) is 3.19. The van der Waals surface area contributed by atoms with E-state index in [0.717, 1.165) is 29.2 Å². The first-order chi connectivity index (χ1) is 25.8. The number of hydrogen-bond acceptors (Lipinski definition) is 9. The maximum Gasteiger partial charge on any atom is 0.405 e. The van der Waals surface area contributed by atoms with E-state index in [2.05, 4.69) is 15.4 Å². The van der Waals surface area contributed by atoms with Crippen LogP contribution >= 0.6 is 0 Å². The third-order valence-corrected chi connectivity index (χ3v) is 14.0. The van der Waals surface area contributed by atoms with E-state index in [1.54, 1.807) is 6.08 Å². The average Bonchev–Trinajstić information content (AvgIpc) is 4.06. The lowest BCUT2D eigenvalue weighted by Gasteiger charge is -2.33. The highest BCUT2D eigenvalue weighted by Crippen LogP contribution is 2.48. The van der Waals surface area contributed by atoms with E-state index in [0.29, 0.717) is 38.2 Å². The number of carbonyl (C=O) groups excluding carboxylic acids is 3. The number of amides is 4. The van der Waals surface area contributed by atoms with Gasteiger partial charge in [0, 0.05) is 23.3 Å². The van der Waals surface area contributed by atoms with E-state index in [-0.39, 0.29) is 49.9 Å². The number of nitrogens with one attached hydrogen (secondary N) is 3. The van der Waals surface area contributed by atoms with Crippen molar-refractivity contribution >= 4 is 44.6 Å². The summed E-state index contributed by atoms with van der Waals surface area (Å²) in [4.78, 5) is 61.0. The second-order valence-electron chi connectivity index (χ2n) is 15.6. The molecule has 4 heterocycles. The van der Waals surface area contributed by atoms with Crippen molar-refractivity contribution < 1.29 is 46.6 Å². The van der Waals surface area contributed by atoms with Gasteiger partial charge in [-0.2, -0.15) is 4.98 Å². The number of benzene rings is 1. The number of ether oxygens (including phenoxy) is 2. The Morgan fingerprint density at radius 1 is 1.19 bits per heavy atom. The van der Waals surface area contributed by atoms with Crippen molar-refractivity contribution in [2.45, 2.75) is 107 Å². The highest BCUT2D eigenvalue weighted by molar-refractivity contribution is 7.91. The summed E-state index contributed by atoms with van der Waals surface area (Å²) >= 11 is 0. The molecular formula is C38H48FN5O9S. The number of allylic oxidation sites excluding steroid dienone is 1. The lowest BCUT2D eigenvalue weighted by atomic mass is 9.85. The van der Waals surface area contributed by atoms with E-state index >= 15 is 0 Å². The molecule has 2 saturated carbocycles. The number of fused-ring (bicyclic) bond motifs is 5. The molecule has 2 aliphatic carbocycles. The summed E-state index contributed by atoms with van der Waals surface area (Å²) in [5, 5.41) is 16.8. The number of pyridine rings is 1. The first-order valence-electron chi connectivity index (χ1n) is 18.9. The zero-order valence-corrected chi connectivity index (χ0v) is 31.3. The van der Waals surface area contributed by atoms with Gasteiger partial charge >= 0.3 is 6.09 Å². The average molecular weight is 770 g/mol. The zero-order chi connectivity index (χ0) is 38.4. The summed E-state index contributed by atoms with van der Waals surface area (Å²) in [6.07, 6.45) is 5.76. The largest absolute Gasteiger partial charge is 0.477 e. The van der Waals surface area contributed by atoms with Gasteiger partial charge < -0.3 is 30.1 Å². The zero-order valence-electron chi connectivity index (χ0n) is 30.5. The Kier molecular flexibility index (Phi) is 10.3. The van der Waals surface area contributed by atoms with E-state index < -0.39 is 74.9 Å². The van der Waals surface area contributed by atoms with Crippen molar-refractivity contribution in [3.05, 3.63) is 42.0 Å². The number of carboxylic acid groups (broad SMARTS) is 1. The first kappa shape index (κ1) is 37.8. The Labute approximate surface area is 313 Å². The van der Waals surface area contributed by atoms with Gasteiger partial charge in [0.2, 0.25) is 33.6 Å². The molecule has 7 atom stereocenters. The minimum atomic E-state index is -4.39. The van der Waals surface area contributed by atoms with Crippen LogP contribution in [0, 0.1) is 17.8 Å². The smallest absolute Gasteiger partial charge is 0.405 e. The Morgan fingerprint density at radius 2 is 1.94 bits per heavy atom. The molecule has 5 aliphatic rings. The molecule has 3 fully saturated rings. The monoisotopic (exact) mass is 769 g/mol. The van der Waals surface area contributed by atoms with Crippen LogP contribution in [0.5, 0.6) is 11.8 Å². The van der Waals surface area contributed by atoms with Crippen LogP contribution < -0.4 is 24.8 Å². The predicted molar refractivity (Wildman–Crippen MR) is 195 cm³/mol. The first-order valence-corrected chi connectivity index (χ1v) is 20.4. The van der Waals surface area contributed by atoms with Gasteiger partial charge in [-0.25, -0.2) is 17.6 Å². The van der Waals surface area contributed by atoms with Crippen LogP contribution in [0.15, 0.2) is 36.4 Å². The molecule has 0 bridgehead atoms. The molecule has 4 N–H and O–H groups in total. The van der Waals surface area contributed by atoms with Crippen molar-refractivity contribution in [2.24, 2.45) is 17.8 Å². The molecule has 14 nitrogen and oxygen atoms in total. The number of hydrogen-bond donors (Lipinski definition) is 4. The van der Waals surface area contributed by atoms with Gasteiger partial charge in [0.1, 0.15) is 35.1 Å². The third kappa shape index (κ3) is 7.08. The fraction of sp³-hybridized carbons (Fsp3) is 0.605. The molecule has 0 spiro atoms. The number of halogens is 1. The second-order valence-corrected chi connectivity index (χ2v) is 17.7. The predicted octanol–water partition coefficient (Wildman–Crippen LogP) is 3.77. The Bertz CT molecular complexity index is 1970. The molecule has 4 amide bonds. The highest BCUT2D eigenvalue weighted by Gasteiger charge is 2.64. The van der Waals surface area contributed by atoms with Gasteiger partial charge in [-0.15, -0.1) is 0 Å². The summed E-state index contributed by atoms with van der Waals surface area (Å²) in [5.74, 6) is -2.40. The fourth-order valence-corrected chi connectivity index (χ4v) is 9.82. The van der Waals surface area contributed by atoms with Crippen LogP contribution in [0.2, 0.25) is 0 Å². The third-order valence-electron chi connectivity index (χ3n) is 11.9. The minimum absolute atomic E-state index is 0.0278. The van der Waals surface area contributed by atoms with Crippen LogP contribution in [0.1, 0.15) is 77.2 Å². The number of rotatable bonds is 8. The molecular weight excluding hydrogens is 722 g/mol. The molecule has 7 rings (SSSR count). The standard InChI is InChI=1S/C38H48FN5O9S/c1-3-23-17-22(2)9-4-5-10-24-19-38(24,35(47)43-54(50,51)37(21-39)14-15-37)42-31(45)29-18-25(20-44(29)34(46)30(23)40-36(48)49)53-33-28-12-7-6-11-26(28)27-13-8-16-52-32(27)41-33/h5-7,10-12,22-25,29-30,40H,3-4,8-9,13-21H2,1-2H3,(H,42,45)(H,43,47)(H,48,49)/t22-,23+,24+,25+,29-,30-,38+/m0/s1. The summed E-state index contributed by atoms with van der Waals surface area (Å²) in [6, 6.07) is 5.23. The molecule has 1 aromatic heterocycles. The van der Waals surface area contributed by atoms with E-state index in [1.807, 2.05) is 44.2 Å². The summed E-state index contributed by atoms with van der Waals surface area (Å²) in [7, 11) is -4.39. The molecule has 16 heteroatoms. The van der Waals surface area contributed by atoms with Crippen LogP contribution in [0.3, 0.4) is 0 Å². The molecule has 292 valence electrons. The SMILES string of the molecule is CC[C@@H]1C[C@@H](C)CCC=C[C@@H]2C[C@@]2(C(=O)NS(=O)(=O)C2(CF)CC2)NC(=O)[C@@H]2C[C@@H](Oc3nc4c(c5ccccc35)CCCO4)CN2C(=O)[C@H]1NC(=O)O. The second kappa shape index (κ2) is 14.6. The molecule has 54 heavy (non-hydrogen) atoms. The molecule has 1 aromatic carbocycles. The lowest BCUT2D eigenvalue weighted by Crippen LogP contribution is -2.59. The Hall–Kier alpha value is -4.47. The minimum Gasteiger partial charge on any atom is -0.477 e. The van der Waals surface area contributed by atoms with Crippen molar-refractivity contribution in [3.8, 4) is 11.8 Å². The van der Waals surface area contributed by atoms with Crippen molar-refractivity contribution in [1.82, 2.24) is 25.2 Å².